The van der Waals surface area contributed by atoms with Gasteiger partial charge in [-0.15, -0.1) is 11.3 Å². The Bertz CT molecular complexity index is 1280. The predicted octanol–water partition coefficient (Wildman–Crippen LogP) is 7.75. The maximum absolute atomic E-state index is 11.3. The minimum atomic E-state index is -1.07. The van der Waals surface area contributed by atoms with E-state index in [1.807, 2.05) is 29.6 Å². The number of aromatic nitrogens is 2. The van der Waals surface area contributed by atoms with Gasteiger partial charge in [0.05, 0.1) is 5.69 Å². The summed E-state index contributed by atoms with van der Waals surface area (Å²) in [5.74, 6) is 0.526. The van der Waals surface area contributed by atoms with Crippen molar-refractivity contribution in [2.45, 2.75) is 58.7 Å². The van der Waals surface area contributed by atoms with Gasteiger partial charge < -0.3 is 14.6 Å². The molecule has 2 aromatic heterocycles. The summed E-state index contributed by atoms with van der Waals surface area (Å²) in [5.41, 5.74) is 4.36. The molecule has 0 spiro atoms. The van der Waals surface area contributed by atoms with E-state index in [1.54, 1.807) is 6.07 Å². The first kappa shape index (κ1) is 26.4. The molecular weight excluding hydrogens is 484 g/mol. The SMILES string of the molecule is CCCC(CCC)c1ccc(OCc2ccc(-c3csc(COc4ncccc4C(=O)O)n3)cc2)cc1. The molecule has 2 heterocycles. The Kier molecular flexibility index (Phi) is 9.27. The van der Waals surface area contributed by atoms with Crippen LogP contribution < -0.4 is 9.47 Å². The van der Waals surface area contributed by atoms with Crippen LogP contribution in [0.5, 0.6) is 11.6 Å². The van der Waals surface area contributed by atoms with E-state index >= 15 is 0 Å². The van der Waals surface area contributed by atoms with Gasteiger partial charge in [0, 0.05) is 17.1 Å². The van der Waals surface area contributed by atoms with Gasteiger partial charge in [0.15, 0.2) is 0 Å². The fourth-order valence-corrected chi connectivity index (χ4v) is 4.97. The standard InChI is InChI=1S/C30H32N2O4S/c1-3-6-22(7-4-2)23-13-15-25(16-14-23)35-18-21-9-11-24(12-10-21)27-20-37-28(32-27)19-36-29-26(30(33)34)8-5-17-31-29/h5,8-17,20,22H,3-4,6-7,18-19H2,1-2H3,(H,33,34). The monoisotopic (exact) mass is 516 g/mol. The maximum Gasteiger partial charge on any atom is 0.341 e. The molecule has 1 N–H and O–H groups in total. The molecule has 7 heteroatoms. The Morgan fingerprint density at radius 2 is 1.68 bits per heavy atom. The second-order valence-corrected chi connectivity index (χ2v) is 9.85. The summed E-state index contributed by atoms with van der Waals surface area (Å²) >= 11 is 1.46. The Morgan fingerprint density at radius 3 is 2.35 bits per heavy atom. The highest BCUT2D eigenvalue weighted by molar-refractivity contribution is 7.09. The number of carbonyl (C=O) groups is 1. The van der Waals surface area contributed by atoms with Gasteiger partial charge in [-0.25, -0.2) is 14.8 Å². The molecule has 0 amide bonds. The van der Waals surface area contributed by atoms with Crippen LogP contribution in [-0.2, 0) is 13.2 Å². The van der Waals surface area contributed by atoms with Gasteiger partial charge in [-0.2, -0.15) is 0 Å². The van der Waals surface area contributed by atoms with Crippen molar-refractivity contribution in [1.82, 2.24) is 9.97 Å². The van der Waals surface area contributed by atoms with E-state index < -0.39 is 5.97 Å². The third-order valence-corrected chi connectivity index (χ3v) is 6.99. The zero-order chi connectivity index (χ0) is 26.0. The summed E-state index contributed by atoms with van der Waals surface area (Å²) in [7, 11) is 0. The van der Waals surface area contributed by atoms with Crippen molar-refractivity contribution in [2.24, 2.45) is 0 Å². The molecule has 0 saturated heterocycles. The number of hydrogen-bond donors (Lipinski definition) is 1. The third kappa shape index (κ3) is 7.17. The van der Waals surface area contributed by atoms with Crippen molar-refractivity contribution in [2.75, 3.05) is 0 Å². The fourth-order valence-electron chi connectivity index (χ4n) is 4.26. The van der Waals surface area contributed by atoms with E-state index in [0.717, 1.165) is 27.6 Å². The van der Waals surface area contributed by atoms with Crippen LogP contribution in [0.1, 0.15) is 71.9 Å². The van der Waals surface area contributed by atoms with Crippen LogP contribution in [-0.4, -0.2) is 21.0 Å². The summed E-state index contributed by atoms with van der Waals surface area (Å²) in [4.78, 5) is 20.0. The minimum absolute atomic E-state index is 0.0326. The molecule has 4 aromatic rings. The van der Waals surface area contributed by atoms with E-state index in [0.29, 0.717) is 12.5 Å². The van der Waals surface area contributed by atoms with Gasteiger partial charge in [0.1, 0.15) is 29.5 Å². The molecule has 0 aliphatic carbocycles. The normalized spacial score (nSPS) is 11.0. The van der Waals surface area contributed by atoms with Crippen molar-refractivity contribution in [3.63, 3.8) is 0 Å². The number of ether oxygens (including phenoxy) is 2. The summed E-state index contributed by atoms with van der Waals surface area (Å²) < 4.78 is 11.6. The van der Waals surface area contributed by atoms with E-state index in [9.17, 15) is 9.90 Å². The highest BCUT2D eigenvalue weighted by atomic mass is 32.1. The summed E-state index contributed by atoms with van der Waals surface area (Å²) in [6, 6.07) is 19.7. The van der Waals surface area contributed by atoms with Gasteiger partial charge in [0.25, 0.3) is 0 Å². The molecule has 0 fully saturated rings. The summed E-state index contributed by atoms with van der Waals surface area (Å²) in [6.07, 6.45) is 6.36. The third-order valence-electron chi connectivity index (χ3n) is 6.17. The van der Waals surface area contributed by atoms with Crippen LogP contribution in [0.3, 0.4) is 0 Å². The molecular formula is C30H32N2O4S. The highest BCUT2D eigenvalue weighted by Crippen LogP contribution is 2.28. The quantitative estimate of drug-likeness (QED) is 0.196. The van der Waals surface area contributed by atoms with Crippen LogP contribution in [0, 0.1) is 0 Å². The number of aromatic carboxylic acids is 1. The molecule has 0 unspecified atom stereocenters. The average Bonchev–Trinajstić information content (AvgIpc) is 3.40. The van der Waals surface area contributed by atoms with Gasteiger partial charge in [-0.1, -0.05) is 63.1 Å². The number of carboxylic acid groups (broad SMARTS) is 1. The second kappa shape index (κ2) is 13.0. The minimum Gasteiger partial charge on any atom is -0.489 e. The predicted molar refractivity (Wildman–Crippen MR) is 146 cm³/mol. The first-order chi connectivity index (χ1) is 18.1. The maximum atomic E-state index is 11.3. The molecule has 0 atom stereocenters. The van der Waals surface area contributed by atoms with Crippen molar-refractivity contribution in [1.29, 1.82) is 0 Å². The molecule has 2 aromatic carbocycles. The molecule has 0 bridgehead atoms. The van der Waals surface area contributed by atoms with Crippen LogP contribution >= 0.6 is 11.3 Å². The second-order valence-electron chi connectivity index (χ2n) is 8.91. The molecule has 0 radical (unpaired) electrons. The van der Waals surface area contributed by atoms with Crippen molar-refractivity contribution >= 4 is 17.3 Å². The van der Waals surface area contributed by atoms with Crippen LogP contribution in [0.25, 0.3) is 11.3 Å². The number of benzene rings is 2. The zero-order valence-electron chi connectivity index (χ0n) is 21.2. The topological polar surface area (TPSA) is 81.5 Å². The lowest BCUT2D eigenvalue weighted by atomic mass is 9.90. The lowest BCUT2D eigenvalue weighted by Gasteiger charge is -2.16. The number of carboxylic acids is 1. The van der Waals surface area contributed by atoms with Crippen molar-refractivity contribution < 1.29 is 19.4 Å². The van der Waals surface area contributed by atoms with E-state index in [2.05, 4.69) is 48.1 Å². The summed E-state index contributed by atoms with van der Waals surface area (Å²) in [6.45, 7) is 5.15. The lowest BCUT2D eigenvalue weighted by molar-refractivity contribution is 0.0690. The Labute approximate surface area is 222 Å². The van der Waals surface area contributed by atoms with Crippen molar-refractivity contribution in [3.05, 3.63) is 93.9 Å². The average molecular weight is 517 g/mol. The molecule has 0 aliphatic rings. The highest BCUT2D eigenvalue weighted by Gasteiger charge is 2.13. The molecule has 37 heavy (non-hydrogen) atoms. The van der Waals surface area contributed by atoms with E-state index in [-0.39, 0.29) is 18.1 Å². The molecule has 0 aliphatic heterocycles. The number of pyridine rings is 1. The Morgan fingerprint density at radius 1 is 0.946 bits per heavy atom. The fraction of sp³-hybridized carbons (Fsp3) is 0.300. The van der Waals surface area contributed by atoms with Gasteiger partial charge in [0.2, 0.25) is 5.88 Å². The largest absolute Gasteiger partial charge is 0.489 e. The molecule has 192 valence electrons. The molecule has 0 saturated carbocycles. The van der Waals surface area contributed by atoms with Gasteiger partial charge >= 0.3 is 5.97 Å². The first-order valence-electron chi connectivity index (χ1n) is 12.6. The van der Waals surface area contributed by atoms with Crippen LogP contribution in [0.2, 0.25) is 0 Å². The summed E-state index contributed by atoms with van der Waals surface area (Å²) in [5, 5.41) is 12.0. The smallest absolute Gasteiger partial charge is 0.341 e. The van der Waals surface area contributed by atoms with Gasteiger partial charge in [-0.05, 0) is 54.2 Å². The lowest BCUT2D eigenvalue weighted by Crippen LogP contribution is -2.04. The Balaban J connectivity index is 1.31. The Hall–Kier alpha value is -3.71. The number of hydrogen-bond acceptors (Lipinski definition) is 6. The van der Waals surface area contributed by atoms with E-state index in [4.69, 9.17) is 9.47 Å². The first-order valence-corrected chi connectivity index (χ1v) is 13.5. The zero-order valence-corrected chi connectivity index (χ0v) is 22.0. The number of thiazole rings is 1. The van der Waals surface area contributed by atoms with Crippen LogP contribution in [0.4, 0.5) is 0 Å². The van der Waals surface area contributed by atoms with Gasteiger partial charge in [-0.3, -0.25) is 0 Å². The molecule has 6 nitrogen and oxygen atoms in total. The van der Waals surface area contributed by atoms with Crippen LogP contribution in [0.15, 0.2) is 72.2 Å². The number of rotatable bonds is 13. The van der Waals surface area contributed by atoms with Crippen molar-refractivity contribution in [3.8, 4) is 22.9 Å². The van der Waals surface area contributed by atoms with E-state index in [1.165, 1.54) is 54.8 Å². The molecule has 4 rings (SSSR count). The number of nitrogens with zero attached hydrogens (tertiary/aromatic N) is 2.